The molecule has 108 valence electrons. The molecule has 4 nitrogen and oxygen atoms in total. The Hall–Kier alpha value is -1.07. The minimum Gasteiger partial charge on any atom is -0.369 e. The molecular weight excluding hydrogens is 260 g/mol. The van der Waals surface area contributed by atoms with Gasteiger partial charge < -0.3 is 10.2 Å². The largest absolute Gasteiger partial charge is 0.369 e. The first-order chi connectivity index (χ1) is 8.86. The molecule has 0 radical (unpaired) electrons. The maximum Gasteiger partial charge on any atom is 0.177 e. The second-order valence-electron chi connectivity index (χ2n) is 4.93. The molecule has 19 heavy (non-hydrogen) atoms. The molecule has 0 aliphatic carbocycles. The van der Waals surface area contributed by atoms with Crippen LogP contribution in [0.1, 0.15) is 20.8 Å². The predicted molar refractivity (Wildman–Crippen MR) is 80.6 cm³/mol. The highest BCUT2D eigenvalue weighted by molar-refractivity contribution is 7.90. The van der Waals surface area contributed by atoms with E-state index in [2.05, 4.69) is 24.1 Å². The standard InChI is InChI=1S/C14H24N2O2S/c1-5-16(11-10-15-12(2)3)13-8-6-7-9-14(13)19(4,17)18/h6-9,12,15H,5,10-11H2,1-4H3. The van der Waals surface area contributed by atoms with Crippen LogP contribution in [0.4, 0.5) is 5.69 Å². The van der Waals surface area contributed by atoms with Crippen LogP contribution in [0.25, 0.3) is 0 Å². The van der Waals surface area contributed by atoms with E-state index in [1.165, 1.54) is 6.26 Å². The average molecular weight is 284 g/mol. The van der Waals surface area contributed by atoms with Gasteiger partial charge in [-0.3, -0.25) is 0 Å². The van der Waals surface area contributed by atoms with Gasteiger partial charge in [0.15, 0.2) is 9.84 Å². The van der Waals surface area contributed by atoms with Gasteiger partial charge in [0, 0.05) is 31.9 Å². The fourth-order valence-corrected chi connectivity index (χ4v) is 2.87. The summed E-state index contributed by atoms with van der Waals surface area (Å²) in [6.45, 7) is 8.65. The lowest BCUT2D eigenvalue weighted by Crippen LogP contribution is -2.35. The van der Waals surface area contributed by atoms with E-state index in [1.807, 2.05) is 19.1 Å². The number of para-hydroxylation sites is 1. The van der Waals surface area contributed by atoms with Gasteiger partial charge >= 0.3 is 0 Å². The van der Waals surface area contributed by atoms with E-state index in [1.54, 1.807) is 12.1 Å². The predicted octanol–water partition coefficient (Wildman–Crippen LogP) is 1.91. The number of hydrogen-bond acceptors (Lipinski definition) is 4. The van der Waals surface area contributed by atoms with Gasteiger partial charge in [-0.05, 0) is 19.1 Å². The molecule has 0 fully saturated rings. The fourth-order valence-electron chi connectivity index (χ4n) is 1.97. The minimum absolute atomic E-state index is 0.404. The maximum atomic E-state index is 11.8. The van der Waals surface area contributed by atoms with Crippen molar-refractivity contribution >= 4 is 15.5 Å². The molecule has 1 rings (SSSR count). The molecule has 1 N–H and O–H groups in total. The van der Waals surface area contributed by atoms with E-state index in [-0.39, 0.29) is 0 Å². The smallest absolute Gasteiger partial charge is 0.177 e. The maximum absolute atomic E-state index is 11.8. The molecule has 0 atom stereocenters. The average Bonchev–Trinajstić information content (AvgIpc) is 2.33. The van der Waals surface area contributed by atoms with Crippen LogP contribution in [0.15, 0.2) is 29.2 Å². The molecule has 0 spiro atoms. The van der Waals surface area contributed by atoms with Gasteiger partial charge in [-0.25, -0.2) is 8.42 Å². The number of anilines is 1. The fraction of sp³-hybridized carbons (Fsp3) is 0.571. The molecule has 0 aromatic heterocycles. The van der Waals surface area contributed by atoms with Crippen LogP contribution in [0.3, 0.4) is 0 Å². The van der Waals surface area contributed by atoms with Gasteiger partial charge in [-0.1, -0.05) is 26.0 Å². The van der Waals surface area contributed by atoms with Gasteiger partial charge in [0.25, 0.3) is 0 Å². The number of nitrogens with zero attached hydrogens (tertiary/aromatic N) is 1. The first-order valence-corrected chi connectivity index (χ1v) is 8.52. The second kappa shape index (κ2) is 6.91. The van der Waals surface area contributed by atoms with Crippen molar-refractivity contribution in [2.75, 3.05) is 30.8 Å². The summed E-state index contributed by atoms with van der Waals surface area (Å²) in [6, 6.07) is 7.62. The van der Waals surface area contributed by atoms with Gasteiger partial charge in [0.1, 0.15) is 0 Å². The van der Waals surface area contributed by atoms with E-state index < -0.39 is 9.84 Å². The summed E-state index contributed by atoms with van der Waals surface area (Å²) in [5.74, 6) is 0. The minimum atomic E-state index is -3.19. The van der Waals surface area contributed by atoms with E-state index in [4.69, 9.17) is 0 Å². The molecule has 0 saturated heterocycles. The monoisotopic (exact) mass is 284 g/mol. The third-order valence-electron chi connectivity index (χ3n) is 2.92. The van der Waals surface area contributed by atoms with Crippen molar-refractivity contribution in [3.05, 3.63) is 24.3 Å². The lowest BCUT2D eigenvalue weighted by molar-refractivity contribution is 0.581. The Morgan fingerprint density at radius 2 is 1.89 bits per heavy atom. The van der Waals surface area contributed by atoms with E-state index in [0.717, 1.165) is 25.3 Å². The van der Waals surface area contributed by atoms with Gasteiger partial charge in [-0.2, -0.15) is 0 Å². The molecule has 0 heterocycles. The number of sulfone groups is 1. The topological polar surface area (TPSA) is 49.4 Å². The first kappa shape index (κ1) is 16.0. The second-order valence-corrected chi connectivity index (χ2v) is 6.91. The van der Waals surface area contributed by atoms with Crippen LogP contribution in [-0.4, -0.2) is 40.3 Å². The molecule has 0 amide bonds. The third kappa shape index (κ3) is 4.84. The Labute approximate surface area is 116 Å². The Kier molecular flexibility index (Phi) is 5.82. The Morgan fingerprint density at radius 3 is 2.42 bits per heavy atom. The van der Waals surface area contributed by atoms with Crippen LogP contribution >= 0.6 is 0 Å². The number of benzene rings is 1. The molecule has 0 saturated carbocycles. The van der Waals surface area contributed by atoms with Crippen molar-refractivity contribution in [2.45, 2.75) is 31.7 Å². The third-order valence-corrected chi connectivity index (χ3v) is 4.07. The highest BCUT2D eigenvalue weighted by atomic mass is 32.2. The summed E-state index contributed by atoms with van der Waals surface area (Å²) in [5, 5.41) is 3.35. The number of likely N-dealkylation sites (N-methyl/N-ethyl adjacent to an activating group) is 1. The van der Waals surface area contributed by atoms with Crippen LogP contribution in [0, 0.1) is 0 Å². The lowest BCUT2D eigenvalue weighted by Gasteiger charge is -2.25. The summed E-state index contributed by atoms with van der Waals surface area (Å²) in [6.07, 6.45) is 1.26. The van der Waals surface area contributed by atoms with E-state index in [0.29, 0.717) is 10.9 Å². The molecule has 1 aromatic carbocycles. The van der Waals surface area contributed by atoms with Crippen molar-refractivity contribution in [1.82, 2.24) is 5.32 Å². The molecule has 0 bridgehead atoms. The van der Waals surface area contributed by atoms with Crippen LogP contribution in [0.5, 0.6) is 0 Å². The van der Waals surface area contributed by atoms with Crippen LogP contribution in [-0.2, 0) is 9.84 Å². The van der Waals surface area contributed by atoms with E-state index in [9.17, 15) is 8.42 Å². The van der Waals surface area contributed by atoms with Gasteiger partial charge in [0.2, 0.25) is 0 Å². The Morgan fingerprint density at radius 1 is 1.26 bits per heavy atom. The molecule has 0 aliphatic heterocycles. The van der Waals surface area contributed by atoms with Crippen molar-refractivity contribution in [3.8, 4) is 0 Å². The van der Waals surface area contributed by atoms with Crippen molar-refractivity contribution in [3.63, 3.8) is 0 Å². The molecule has 5 heteroatoms. The van der Waals surface area contributed by atoms with E-state index >= 15 is 0 Å². The van der Waals surface area contributed by atoms with Crippen LogP contribution < -0.4 is 10.2 Å². The summed E-state index contributed by atoms with van der Waals surface area (Å²) in [5.41, 5.74) is 0.790. The molecule has 0 unspecified atom stereocenters. The quantitative estimate of drug-likeness (QED) is 0.831. The zero-order valence-corrected chi connectivity index (χ0v) is 13.0. The van der Waals surface area contributed by atoms with Gasteiger partial charge in [-0.15, -0.1) is 0 Å². The lowest BCUT2D eigenvalue weighted by atomic mass is 10.2. The molecular formula is C14H24N2O2S. The first-order valence-electron chi connectivity index (χ1n) is 6.63. The SMILES string of the molecule is CCN(CCNC(C)C)c1ccccc1S(C)(=O)=O. The summed E-state index contributed by atoms with van der Waals surface area (Å²) >= 11 is 0. The van der Waals surface area contributed by atoms with Crippen molar-refractivity contribution in [1.29, 1.82) is 0 Å². The normalized spacial score (nSPS) is 11.8. The van der Waals surface area contributed by atoms with Crippen molar-refractivity contribution < 1.29 is 8.42 Å². The summed E-state index contributed by atoms with van der Waals surface area (Å²) in [4.78, 5) is 2.49. The van der Waals surface area contributed by atoms with Gasteiger partial charge in [0.05, 0.1) is 10.6 Å². The zero-order valence-electron chi connectivity index (χ0n) is 12.2. The zero-order chi connectivity index (χ0) is 14.5. The highest BCUT2D eigenvalue weighted by Crippen LogP contribution is 2.24. The molecule has 0 aliphatic rings. The molecule has 1 aromatic rings. The Balaban J connectivity index is 2.93. The number of hydrogen-bond donors (Lipinski definition) is 1. The number of nitrogens with one attached hydrogen (secondary N) is 1. The Bertz CT molecular complexity index is 498. The summed E-state index contributed by atoms with van der Waals surface area (Å²) < 4.78 is 23.6. The highest BCUT2D eigenvalue weighted by Gasteiger charge is 2.16. The van der Waals surface area contributed by atoms with Crippen LogP contribution in [0.2, 0.25) is 0 Å². The number of rotatable bonds is 7. The van der Waals surface area contributed by atoms with Crippen molar-refractivity contribution in [2.24, 2.45) is 0 Å². The summed E-state index contributed by atoms with van der Waals surface area (Å²) in [7, 11) is -3.19.